The molecule has 0 unspecified atom stereocenters. The maximum Gasteiger partial charge on any atom is 0.406 e. The minimum atomic E-state index is -4.31. The van der Waals surface area contributed by atoms with E-state index in [-0.39, 0.29) is 6.04 Å². The van der Waals surface area contributed by atoms with Gasteiger partial charge in [-0.3, -0.25) is 0 Å². The monoisotopic (exact) mass is 238 g/mol. The lowest BCUT2D eigenvalue weighted by atomic mass is 10.4. The number of halogens is 3. The van der Waals surface area contributed by atoms with E-state index in [1.807, 2.05) is 0 Å². The third-order valence-electron chi connectivity index (χ3n) is 2.62. The molecule has 0 aromatic carbocycles. The van der Waals surface area contributed by atoms with Gasteiger partial charge in [-0.1, -0.05) is 0 Å². The Balaban J connectivity index is 2.66. The van der Waals surface area contributed by atoms with Crippen molar-refractivity contribution in [2.24, 2.45) is 0 Å². The molecule has 1 rings (SSSR count). The summed E-state index contributed by atoms with van der Waals surface area (Å²) in [5.41, 5.74) is 0. The highest BCUT2D eigenvalue weighted by molar-refractivity contribution is 5.75. The van der Waals surface area contributed by atoms with Gasteiger partial charge in [0.15, 0.2) is 0 Å². The Kier molecular flexibility index (Phi) is 4.04. The van der Waals surface area contributed by atoms with Gasteiger partial charge < -0.3 is 9.80 Å². The van der Waals surface area contributed by atoms with Crippen LogP contribution >= 0.6 is 0 Å². The molecule has 0 aromatic rings. The predicted octanol–water partition coefficient (Wildman–Crippen LogP) is 2.47. The van der Waals surface area contributed by atoms with E-state index in [0.717, 1.165) is 4.90 Å². The summed E-state index contributed by atoms with van der Waals surface area (Å²) < 4.78 is 36.9. The maximum atomic E-state index is 12.3. The molecule has 1 fully saturated rings. The quantitative estimate of drug-likeness (QED) is 0.738. The number of nitrogens with zero attached hydrogens (tertiary/aromatic N) is 2. The number of carbonyl (C=O) groups is 1. The van der Waals surface area contributed by atoms with E-state index in [1.54, 1.807) is 13.8 Å². The standard InChI is InChI=1S/C10H17F3N2O/c1-3-14(4-2)9(16)15(8-5-6-8)7-10(11,12)13/h8H,3-7H2,1-2H3. The minimum absolute atomic E-state index is 0.213. The lowest BCUT2D eigenvalue weighted by Crippen LogP contribution is -2.48. The summed E-state index contributed by atoms with van der Waals surface area (Å²) in [6.45, 7) is 3.28. The van der Waals surface area contributed by atoms with Crippen molar-refractivity contribution in [3.63, 3.8) is 0 Å². The number of hydrogen-bond acceptors (Lipinski definition) is 1. The van der Waals surface area contributed by atoms with Crippen molar-refractivity contribution in [2.45, 2.75) is 38.9 Å². The van der Waals surface area contributed by atoms with Crippen LogP contribution in [0.5, 0.6) is 0 Å². The fourth-order valence-electron chi connectivity index (χ4n) is 1.61. The Morgan fingerprint density at radius 2 is 1.75 bits per heavy atom. The maximum absolute atomic E-state index is 12.3. The summed E-state index contributed by atoms with van der Waals surface area (Å²) in [6, 6.07) is -0.709. The number of carbonyl (C=O) groups excluding carboxylic acids is 1. The first-order chi connectivity index (χ1) is 7.39. The van der Waals surface area contributed by atoms with Crippen LogP contribution in [0.1, 0.15) is 26.7 Å². The number of urea groups is 1. The van der Waals surface area contributed by atoms with Gasteiger partial charge in [-0.25, -0.2) is 4.79 Å². The molecule has 16 heavy (non-hydrogen) atoms. The zero-order valence-corrected chi connectivity index (χ0v) is 9.55. The van der Waals surface area contributed by atoms with E-state index in [9.17, 15) is 18.0 Å². The molecule has 0 heterocycles. The van der Waals surface area contributed by atoms with Crippen LogP contribution < -0.4 is 0 Å². The first-order valence-corrected chi connectivity index (χ1v) is 5.51. The second kappa shape index (κ2) is 4.93. The van der Waals surface area contributed by atoms with Crippen molar-refractivity contribution in [3.8, 4) is 0 Å². The van der Waals surface area contributed by atoms with E-state index >= 15 is 0 Å². The molecular weight excluding hydrogens is 221 g/mol. The molecule has 0 bridgehead atoms. The Labute approximate surface area is 93.2 Å². The first kappa shape index (κ1) is 13.1. The van der Waals surface area contributed by atoms with Crippen LogP contribution in [0, 0.1) is 0 Å². The van der Waals surface area contributed by atoms with Crippen LogP contribution in [-0.2, 0) is 0 Å². The highest BCUT2D eigenvalue weighted by Gasteiger charge is 2.41. The molecule has 1 aliphatic rings. The molecule has 0 spiro atoms. The molecule has 1 aliphatic carbocycles. The largest absolute Gasteiger partial charge is 0.406 e. The van der Waals surface area contributed by atoms with Crippen molar-refractivity contribution in [1.29, 1.82) is 0 Å². The number of alkyl halides is 3. The van der Waals surface area contributed by atoms with E-state index in [1.165, 1.54) is 4.90 Å². The van der Waals surface area contributed by atoms with Gasteiger partial charge in [0.25, 0.3) is 0 Å². The highest BCUT2D eigenvalue weighted by atomic mass is 19.4. The van der Waals surface area contributed by atoms with Crippen molar-refractivity contribution < 1.29 is 18.0 Å². The van der Waals surface area contributed by atoms with Gasteiger partial charge in [0, 0.05) is 19.1 Å². The van der Waals surface area contributed by atoms with Gasteiger partial charge in [0.1, 0.15) is 6.54 Å². The average Bonchev–Trinajstić information content (AvgIpc) is 2.97. The first-order valence-electron chi connectivity index (χ1n) is 5.51. The Hall–Kier alpha value is -0.940. The molecule has 3 nitrogen and oxygen atoms in total. The second-order valence-corrected chi connectivity index (χ2v) is 3.93. The van der Waals surface area contributed by atoms with Crippen LogP contribution in [0.2, 0.25) is 0 Å². The Morgan fingerprint density at radius 3 is 2.06 bits per heavy atom. The van der Waals surface area contributed by atoms with Crippen molar-refractivity contribution in [1.82, 2.24) is 9.80 Å². The fourth-order valence-corrected chi connectivity index (χ4v) is 1.61. The van der Waals surface area contributed by atoms with Crippen LogP contribution in [0.4, 0.5) is 18.0 Å². The summed E-state index contributed by atoms with van der Waals surface area (Å²) in [4.78, 5) is 14.2. The molecular formula is C10H17F3N2O. The van der Waals surface area contributed by atoms with Crippen molar-refractivity contribution in [2.75, 3.05) is 19.6 Å². The van der Waals surface area contributed by atoms with Gasteiger partial charge in [-0.15, -0.1) is 0 Å². The number of amides is 2. The van der Waals surface area contributed by atoms with Crippen molar-refractivity contribution >= 4 is 6.03 Å². The fraction of sp³-hybridized carbons (Fsp3) is 0.900. The van der Waals surface area contributed by atoms with E-state index in [2.05, 4.69) is 0 Å². The molecule has 0 atom stereocenters. The van der Waals surface area contributed by atoms with Gasteiger partial charge in [-0.05, 0) is 26.7 Å². The van der Waals surface area contributed by atoms with Crippen LogP contribution in [0.3, 0.4) is 0 Å². The molecule has 0 N–H and O–H groups in total. The minimum Gasteiger partial charge on any atom is -0.325 e. The van der Waals surface area contributed by atoms with Crippen LogP contribution in [0.25, 0.3) is 0 Å². The lowest BCUT2D eigenvalue weighted by molar-refractivity contribution is -0.142. The zero-order valence-electron chi connectivity index (χ0n) is 9.55. The summed E-state index contributed by atoms with van der Waals surface area (Å²) in [5.74, 6) is 0. The molecule has 0 aromatic heterocycles. The Morgan fingerprint density at radius 1 is 1.25 bits per heavy atom. The average molecular weight is 238 g/mol. The molecule has 0 radical (unpaired) electrons. The summed E-state index contributed by atoms with van der Waals surface area (Å²) >= 11 is 0. The molecule has 94 valence electrons. The van der Waals surface area contributed by atoms with Crippen LogP contribution in [-0.4, -0.2) is 47.7 Å². The normalized spacial score (nSPS) is 16.1. The van der Waals surface area contributed by atoms with Gasteiger partial charge in [0.05, 0.1) is 0 Å². The van der Waals surface area contributed by atoms with E-state index in [0.29, 0.717) is 25.9 Å². The van der Waals surface area contributed by atoms with Crippen molar-refractivity contribution in [3.05, 3.63) is 0 Å². The third-order valence-corrected chi connectivity index (χ3v) is 2.62. The third kappa shape index (κ3) is 3.57. The summed E-state index contributed by atoms with van der Waals surface area (Å²) in [7, 11) is 0. The molecule has 6 heteroatoms. The SMILES string of the molecule is CCN(CC)C(=O)N(CC(F)(F)F)C1CC1. The van der Waals surface area contributed by atoms with Gasteiger partial charge in [0.2, 0.25) is 0 Å². The summed E-state index contributed by atoms with van der Waals surface area (Å²) in [6.07, 6.45) is -2.95. The predicted molar refractivity (Wildman–Crippen MR) is 54.1 cm³/mol. The zero-order chi connectivity index (χ0) is 12.3. The Bertz CT molecular complexity index is 247. The topological polar surface area (TPSA) is 23.6 Å². The van der Waals surface area contributed by atoms with E-state index < -0.39 is 18.8 Å². The van der Waals surface area contributed by atoms with Gasteiger partial charge in [-0.2, -0.15) is 13.2 Å². The van der Waals surface area contributed by atoms with Gasteiger partial charge >= 0.3 is 12.2 Å². The summed E-state index contributed by atoms with van der Waals surface area (Å²) in [5, 5.41) is 0. The molecule has 2 amide bonds. The van der Waals surface area contributed by atoms with E-state index in [4.69, 9.17) is 0 Å². The number of hydrogen-bond donors (Lipinski definition) is 0. The molecule has 1 saturated carbocycles. The number of rotatable bonds is 4. The second-order valence-electron chi connectivity index (χ2n) is 3.93. The smallest absolute Gasteiger partial charge is 0.325 e. The molecule has 0 saturated heterocycles. The highest BCUT2D eigenvalue weighted by Crippen LogP contribution is 2.30. The molecule has 0 aliphatic heterocycles. The van der Waals surface area contributed by atoms with Crippen LogP contribution in [0.15, 0.2) is 0 Å². The lowest BCUT2D eigenvalue weighted by Gasteiger charge is -2.29.